The summed E-state index contributed by atoms with van der Waals surface area (Å²) < 4.78 is 48.6. The minimum Gasteiger partial charge on any atom is -0.488 e. The molecule has 0 aliphatic carbocycles. The maximum Gasteiger partial charge on any atom is 0.336 e. The van der Waals surface area contributed by atoms with Gasteiger partial charge in [-0.25, -0.2) is 4.98 Å². The number of ether oxygens (including phenoxy) is 4. The van der Waals surface area contributed by atoms with Gasteiger partial charge in [-0.05, 0) is 49.8 Å². The van der Waals surface area contributed by atoms with Crippen molar-refractivity contribution >= 4 is 42.6 Å². The van der Waals surface area contributed by atoms with Gasteiger partial charge in [0.1, 0.15) is 23.4 Å². The van der Waals surface area contributed by atoms with Crippen LogP contribution in [0.3, 0.4) is 0 Å². The quantitative estimate of drug-likeness (QED) is 0.0998. The second-order valence-corrected chi connectivity index (χ2v) is 13.7. The summed E-state index contributed by atoms with van der Waals surface area (Å²) in [7, 11) is -1.81. The molecule has 244 valence electrons. The number of thioether (sulfide) groups is 1. The number of hydrogen-bond donors (Lipinski definition) is 0. The van der Waals surface area contributed by atoms with Gasteiger partial charge in [0.15, 0.2) is 11.5 Å². The summed E-state index contributed by atoms with van der Waals surface area (Å²) in [5.74, 6) is 0.265. The molecule has 2 aromatic heterocycles. The summed E-state index contributed by atoms with van der Waals surface area (Å²) in [5, 5.41) is 2.55. The Bertz CT molecular complexity index is 1550. The van der Waals surface area contributed by atoms with Crippen molar-refractivity contribution in [1.82, 2.24) is 9.55 Å². The molecule has 1 saturated heterocycles. The SMILES string of the molecule is CCCC(=O)OCn1c(CP2(=O)OCCCO2)csc1=NC(=O)c1cc(Oc2ccc(SC)nc2)cc(OC(CC)COC)c1. The number of thiazole rings is 1. The van der Waals surface area contributed by atoms with E-state index in [4.69, 9.17) is 28.0 Å². The molecule has 1 aromatic carbocycles. The van der Waals surface area contributed by atoms with Gasteiger partial charge in [0.05, 0.1) is 37.2 Å². The molecule has 0 bridgehead atoms. The molecule has 1 aliphatic heterocycles. The molecule has 0 radical (unpaired) electrons. The van der Waals surface area contributed by atoms with Crippen LogP contribution in [0.25, 0.3) is 0 Å². The lowest BCUT2D eigenvalue weighted by atomic mass is 10.2. The van der Waals surface area contributed by atoms with Gasteiger partial charge in [-0.3, -0.25) is 18.7 Å². The van der Waals surface area contributed by atoms with E-state index in [2.05, 4.69) is 9.98 Å². The molecule has 1 fully saturated rings. The Morgan fingerprint density at radius 2 is 1.93 bits per heavy atom. The first-order valence-corrected chi connectivity index (χ1v) is 18.4. The van der Waals surface area contributed by atoms with Crippen LogP contribution >= 0.6 is 30.7 Å². The predicted molar refractivity (Wildman–Crippen MR) is 170 cm³/mol. The monoisotopic (exact) mass is 679 g/mol. The van der Waals surface area contributed by atoms with E-state index in [1.54, 1.807) is 47.5 Å². The lowest BCUT2D eigenvalue weighted by molar-refractivity contribution is -0.147. The highest BCUT2D eigenvalue weighted by atomic mass is 32.2. The first-order valence-electron chi connectivity index (χ1n) is 14.5. The summed E-state index contributed by atoms with van der Waals surface area (Å²) in [6, 6.07) is 8.48. The van der Waals surface area contributed by atoms with Gasteiger partial charge in [-0.2, -0.15) is 4.99 Å². The standard InChI is InChI=1S/C30H38N3O9PS2/c1-5-8-28(34)38-20-33-22(18-43(36)39-11-7-12-40-43)19-45-30(33)32-29(35)21-13-25(41-23(6-2)17-37-3)15-26(14-21)42-24-9-10-27(44-4)31-16-24/h9-10,13-16,19,23H,5-8,11-12,17-18,20H2,1-4H3. The number of aromatic nitrogens is 2. The van der Waals surface area contributed by atoms with Crippen LogP contribution < -0.4 is 14.3 Å². The smallest absolute Gasteiger partial charge is 0.336 e. The molecule has 0 saturated carbocycles. The Labute approximate surface area is 270 Å². The van der Waals surface area contributed by atoms with E-state index in [9.17, 15) is 14.2 Å². The Balaban J connectivity index is 1.69. The molecule has 15 heteroatoms. The van der Waals surface area contributed by atoms with Crippen LogP contribution in [0, 0.1) is 0 Å². The highest BCUT2D eigenvalue weighted by Gasteiger charge is 2.30. The van der Waals surface area contributed by atoms with Crippen molar-refractivity contribution in [3.63, 3.8) is 0 Å². The Morgan fingerprint density at radius 1 is 1.16 bits per heavy atom. The number of benzene rings is 1. The van der Waals surface area contributed by atoms with Crippen molar-refractivity contribution in [2.75, 3.05) is 33.2 Å². The molecule has 1 amide bonds. The Morgan fingerprint density at radius 3 is 2.60 bits per heavy atom. The van der Waals surface area contributed by atoms with Crippen LogP contribution in [0.1, 0.15) is 55.6 Å². The fourth-order valence-corrected chi connectivity index (χ4v) is 7.30. The summed E-state index contributed by atoms with van der Waals surface area (Å²) in [4.78, 5) is 34.8. The van der Waals surface area contributed by atoms with Crippen molar-refractivity contribution < 1.29 is 42.1 Å². The molecule has 0 spiro atoms. The third-order valence-corrected chi connectivity index (χ3v) is 9.93. The molecule has 0 N–H and O–H groups in total. The number of carbonyl (C=O) groups excluding carboxylic acids is 2. The fourth-order valence-electron chi connectivity index (χ4n) is 4.20. The van der Waals surface area contributed by atoms with Crippen molar-refractivity contribution in [1.29, 1.82) is 0 Å². The van der Waals surface area contributed by atoms with Crippen molar-refractivity contribution in [2.45, 2.75) is 63.6 Å². The largest absolute Gasteiger partial charge is 0.488 e. The van der Waals surface area contributed by atoms with Gasteiger partial charge in [-0.15, -0.1) is 23.1 Å². The average Bonchev–Trinajstić information content (AvgIpc) is 3.40. The number of esters is 1. The molecular formula is C30H38N3O9PS2. The van der Waals surface area contributed by atoms with E-state index >= 15 is 0 Å². The summed E-state index contributed by atoms with van der Waals surface area (Å²) in [6.07, 6.45) is 5.42. The number of pyridine rings is 1. The van der Waals surface area contributed by atoms with Crippen LogP contribution in [0.15, 0.2) is 51.9 Å². The van der Waals surface area contributed by atoms with Gasteiger partial charge in [0.2, 0.25) is 0 Å². The number of methoxy groups -OCH3 is 1. The van der Waals surface area contributed by atoms with Crippen LogP contribution in [0.2, 0.25) is 0 Å². The van der Waals surface area contributed by atoms with Gasteiger partial charge < -0.3 is 28.0 Å². The topological polar surface area (TPSA) is 137 Å². The molecule has 4 rings (SSSR count). The summed E-state index contributed by atoms with van der Waals surface area (Å²) in [6.45, 7) is 4.65. The van der Waals surface area contributed by atoms with E-state index in [0.717, 1.165) is 16.4 Å². The molecule has 1 aliphatic rings. The molecular weight excluding hydrogens is 641 g/mol. The summed E-state index contributed by atoms with van der Waals surface area (Å²) >= 11 is 2.66. The zero-order chi connectivity index (χ0) is 32.2. The normalized spacial score (nSPS) is 15.4. The number of carbonyl (C=O) groups is 2. The van der Waals surface area contributed by atoms with E-state index in [0.29, 0.717) is 62.0 Å². The lowest BCUT2D eigenvalue weighted by Gasteiger charge is -2.23. The first kappa shape index (κ1) is 34.9. The zero-order valence-electron chi connectivity index (χ0n) is 25.8. The third-order valence-electron chi connectivity index (χ3n) is 6.50. The average molecular weight is 680 g/mol. The number of amides is 1. The highest BCUT2D eigenvalue weighted by Crippen LogP contribution is 2.53. The number of rotatable bonds is 15. The van der Waals surface area contributed by atoms with Gasteiger partial charge >= 0.3 is 13.6 Å². The van der Waals surface area contributed by atoms with E-state index < -0.39 is 19.5 Å². The maximum absolute atomic E-state index is 13.7. The fraction of sp³-hybridized carbons (Fsp3) is 0.467. The van der Waals surface area contributed by atoms with Crippen molar-refractivity contribution in [3.05, 3.63) is 58.0 Å². The van der Waals surface area contributed by atoms with E-state index in [1.165, 1.54) is 11.8 Å². The molecule has 1 unspecified atom stereocenters. The highest BCUT2D eigenvalue weighted by molar-refractivity contribution is 7.98. The number of hydrogen-bond acceptors (Lipinski definition) is 12. The first-order chi connectivity index (χ1) is 21.7. The minimum atomic E-state index is -3.41. The lowest BCUT2D eigenvalue weighted by Crippen LogP contribution is -2.23. The second-order valence-electron chi connectivity index (χ2n) is 9.97. The molecule has 3 heterocycles. The third kappa shape index (κ3) is 10.2. The van der Waals surface area contributed by atoms with Gasteiger partial charge in [-0.1, -0.05) is 13.8 Å². The predicted octanol–water partition coefficient (Wildman–Crippen LogP) is 6.43. The number of nitrogens with zero attached hydrogens (tertiary/aromatic N) is 3. The molecule has 12 nitrogen and oxygen atoms in total. The van der Waals surface area contributed by atoms with Crippen LogP contribution in [-0.4, -0.2) is 60.7 Å². The zero-order valence-corrected chi connectivity index (χ0v) is 28.3. The molecule has 1 atom stereocenters. The van der Waals surface area contributed by atoms with Crippen LogP contribution in [0.5, 0.6) is 17.2 Å². The minimum absolute atomic E-state index is 0.0544. The van der Waals surface area contributed by atoms with Gasteiger partial charge in [0.25, 0.3) is 5.91 Å². The molecule has 45 heavy (non-hydrogen) atoms. The van der Waals surface area contributed by atoms with E-state index in [-0.39, 0.29) is 35.8 Å². The van der Waals surface area contributed by atoms with Crippen LogP contribution in [-0.2, 0) is 40.8 Å². The maximum atomic E-state index is 13.7. The van der Waals surface area contributed by atoms with Crippen molar-refractivity contribution in [2.24, 2.45) is 4.99 Å². The van der Waals surface area contributed by atoms with Gasteiger partial charge in [0, 0.05) is 36.2 Å². The Kier molecular flexibility index (Phi) is 13.2. The second kappa shape index (κ2) is 17.1. The van der Waals surface area contributed by atoms with Crippen LogP contribution in [0.4, 0.5) is 0 Å². The summed E-state index contributed by atoms with van der Waals surface area (Å²) in [5.41, 5.74) is 0.716. The Hall–Kier alpha value is -3.00. The van der Waals surface area contributed by atoms with E-state index in [1.807, 2.05) is 26.2 Å². The van der Waals surface area contributed by atoms with Crippen molar-refractivity contribution in [3.8, 4) is 17.2 Å². The molecule has 3 aromatic rings.